The summed E-state index contributed by atoms with van der Waals surface area (Å²) in [7, 11) is -2.26. The minimum Gasteiger partial charge on any atom is -0.496 e. The van der Waals surface area contributed by atoms with Crippen molar-refractivity contribution in [3.63, 3.8) is 0 Å². The normalized spacial score (nSPS) is 12.4. The van der Waals surface area contributed by atoms with Crippen LogP contribution in [0.15, 0.2) is 53.4 Å². The van der Waals surface area contributed by atoms with Crippen LogP contribution in [0.1, 0.15) is 30.5 Å². The van der Waals surface area contributed by atoms with Gasteiger partial charge in [0.05, 0.1) is 12.0 Å². The molecule has 2 aromatic carbocycles. The summed E-state index contributed by atoms with van der Waals surface area (Å²) in [6, 6.07) is 13.3. The van der Waals surface area contributed by atoms with Crippen molar-refractivity contribution in [1.82, 2.24) is 10.0 Å². The van der Waals surface area contributed by atoms with Gasteiger partial charge < -0.3 is 15.8 Å². The van der Waals surface area contributed by atoms with E-state index in [2.05, 4.69) is 10.0 Å². The molecule has 27 heavy (non-hydrogen) atoms. The number of carbonyl (C=O) groups is 1. The zero-order valence-corrected chi connectivity index (χ0v) is 16.3. The monoisotopic (exact) mass is 391 g/mol. The molecule has 7 nitrogen and oxygen atoms in total. The molecule has 0 heterocycles. The van der Waals surface area contributed by atoms with Gasteiger partial charge in [0.1, 0.15) is 5.75 Å². The Kier molecular flexibility index (Phi) is 7.35. The number of benzene rings is 2. The van der Waals surface area contributed by atoms with E-state index in [0.29, 0.717) is 17.7 Å². The maximum Gasteiger partial charge on any atom is 0.240 e. The lowest BCUT2D eigenvalue weighted by atomic mass is 10.1. The predicted molar refractivity (Wildman–Crippen MR) is 104 cm³/mol. The summed E-state index contributed by atoms with van der Waals surface area (Å²) >= 11 is 0. The van der Waals surface area contributed by atoms with E-state index >= 15 is 0 Å². The van der Waals surface area contributed by atoms with Crippen LogP contribution in [0.4, 0.5) is 0 Å². The number of carbonyl (C=O) groups excluding carboxylic acids is 1. The summed E-state index contributed by atoms with van der Waals surface area (Å²) in [5, 5.41) is 2.72. The maximum absolute atomic E-state index is 12.6. The zero-order valence-electron chi connectivity index (χ0n) is 15.4. The van der Waals surface area contributed by atoms with Crippen LogP contribution in [0.2, 0.25) is 0 Å². The molecule has 8 heteroatoms. The van der Waals surface area contributed by atoms with Gasteiger partial charge in [-0.2, -0.15) is 0 Å². The third-order valence-corrected chi connectivity index (χ3v) is 5.50. The van der Waals surface area contributed by atoms with Gasteiger partial charge in [0.25, 0.3) is 0 Å². The first-order valence-electron chi connectivity index (χ1n) is 8.61. The average molecular weight is 391 g/mol. The minimum absolute atomic E-state index is 0.0697. The van der Waals surface area contributed by atoms with Gasteiger partial charge in [-0.05, 0) is 23.8 Å². The maximum atomic E-state index is 12.6. The molecule has 1 amide bonds. The first-order chi connectivity index (χ1) is 12.9. The summed E-state index contributed by atoms with van der Waals surface area (Å²) in [6.07, 6.45) is 0.346. The number of hydrogen-bond acceptors (Lipinski definition) is 5. The number of rotatable bonds is 9. The van der Waals surface area contributed by atoms with Crippen molar-refractivity contribution in [2.75, 3.05) is 13.7 Å². The molecule has 0 aliphatic carbocycles. The fourth-order valence-corrected chi connectivity index (χ4v) is 3.59. The molecule has 4 N–H and O–H groups in total. The Morgan fingerprint density at radius 1 is 1.19 bits per heavy atom. The molecule has 0 saturated heterocycles. The lowest BCUT2D eigenvalue weighted by Gasteiger charge is -2.15. The summed E-state index contributed by atoms with van der Waals surface area (Å²) in [5.74, 6) is 0.378. The van der Waals surface area contributed by atoms with Crippen molar-refractivity contribution in [2.24, 2.45) is 5.73 Å². The molecule has 1 unspecified atom stereocenters. The molecule has 0 aliphatic heterocycles. The van der Waals surface area contributed by atoms with E-state index < -0.39 is 16.1 Å². The van der Waals surface area contributed by atoms with Crippen LogP contribution < -0.4 is 20.5 Å². The van der Waals surface area contributed by atoms with Gasteiger partial charge in [0.2, 0.25) is 15.9 Å². The number of ether oxygens (including phenoxy) is 1. The Morgan fingerprint density at radius 3 is 2.52 bits per heavy atom. The third-order valence-electron chi connectivity index (χ3n) is 4.08. The van der Waals surface area contributed by atoms with Gasteiger partial charge in [-0.15, -0.1) is 0 Å². The number of methoxy groups -OCH3 is 1. The van der Waals surface area contributed by atoms with Crippen LogP contribution >= 0.6 is 0 Å². The van der Waals surface area contributed by atoms with Gasteiger partial charge in [-0.25, -0.2) is 13.1 Å². The Hall–Kier alpha value is -2.42. The van der Waals surface area contributed by atoms with Gasteiger partial charge in [0.15, 0.2) is 0 Å². The van der Waals surface area contributed by atoms with Crippen molar-refractivity contribution in [1.29, 1.82) is 0 Å². The Bertz CT molecular complexity index is 870. The summed E-state index contributed by atoms with van der Waals surface area (Å²) < 4.78 is 33.0. The van der Waals surface area contributed by atoms with E-state index in [1.165, 1.54) is 19.2 Å². The van der Waals surface area contributed by atoms with Crippen LogP contribution in [-0.4, -0.2) is 28.0 Å². The number of sulfonamides is 1. The molecule has 0 bridgehead atoms. The molecule has 0 aromatic heterocycles. The van der Waals surface area contributed by atoms with E-state index in [9.17, 15) is 13.2 Å². The average Bonchev–Trinajstić information content (AvgIpc) is 2.70. The highest BCUT2D eigenvalue weighted by atomic mass is 32.2. The second-order valence-corrected chi connectivity index (χ2v) is 7.74. The van der Waals surface area contributed by atoms with Gasteiger partial charge in [-0.1, -0.05) is 37.3 Å². The standard InChI is InChI=1S/C19H25N3O4S/c1-3-19(23)21-12-15-11-16(9-10-18(15)26-2)27(24,25)22-13-17(20)14-7-5-4-6-8-14/h4-11,17,22H,3,12-13,20H2,1-2H3,(H,21,23). The van der Waals surface area contributed by atoms with Crippen molar-refractivity contribution < 1.29 is 17.9 Å². The van der Waals surface area contributed by atoms with Gasteiger partial charge in [-0.3, -0.25) is 4.79 Å². The molecule has 0 saturated carbocycles. The first-order valence-corrected chi connectivity index (χ1v) is 10.1. The lowest BCUT2D eigenvalue weighted by Crippen LogP contribution is -2.32. The highest BCUT2D eigenvalue weighted by Gasteiger charge is 2.18. The number of hydrogen-bond donors (Lipinski definition) is 3. The van der Waals surface area contributed by atoms with E-state index in [0.717, 1.165) is 5.56 Å². The zero-order chi connectivity index (χ0) is 19.9. The molecular formula is C19H25N3O4S. The van der Waals surface area contributed by atoms with Crippen molar-refractivity contribution in [3.05, 3.63) is 59.7 Å². The molecule has 0 spiro atoms. The molecule has 2 rings (SSSR count). The van der Waals surface area contributed by atoms with Crippen molar-refractivity contribution in [2.45, 2.75) is 30.8 Å². The third kappa shape index (κ3) is 5.78. The molecule has 0 radical (unpaired) electrons. The number of nitrogens with two attached hydrogens (primary N) is 1. The van der Waals surface area contributed by atoms with Crippen molar-refractivity contribution in [3.8, 4) is 5.75 Å². The lowest BCUT2D eigenvalue weighted by molar-refractivity contribution is -0.120. The van der Waals surface area contributed by atoms with Gasteiger partial charge in [0, 0.05) is 31.1 Å². The van der Waals surface area contributed by atoms with Crippen LogP contribution in [0.3, 0.4) is 0 Å². The molecule has 0 fully saturated rings. The largest absolute Gasteiger partial charge is 0.496 e. The van der Waals surface area contributed by atoms with Crippen LogP contribution in [0, 0.1) is 0 Å². The van der Waals surface area contributed by atoms with Crippen LogP contribution in [0.5, 0.6) is 5.75 Å². The van der Waals surface area contributed by atoms with Gasteiger partial charge >= 0.3 is 0 Å². The second-order valence-electron chi connectivity index (χ2n) is 5.97. The van der Waals surface area contributed by atoms with Crippen LogP contribution in [-0.2, 0) is 21.4 Å². The number of nitrogens with one attached hydrogen (secondary N) is 2. The van der Waals surface area contributed by atoms with Crippen molar-refractivity contribution >= 4 is 15.9 Å². The molecule has 2 aromatic rings. The topological polar surface area (TPSA) is 111 Å². The molecule has 0 aliphatic rings. The van der Waals surface area contributed by atoms with E-state index in [1.807, 2.05) is 30.3 Å². The number of amides is 1. The fourth-order valence-electron chi connectivity index (χ4n) is 2.48. The Morgan fingerprint density at radius 2 is 1.89 bits per heavy atom. The second kappa shape index (κ2) is 9.50. The minimum atomic E-state index is -3.75. The van der Waals surface area contributed by atoms with Crippen LogP contribution in [0.25, 0.3) is 0 Å². The van der Waals surface area contributed by atoms with E-state index in [-0.39, 0.29) is 23.9 Å². The predicted octanol–water partition coefficient (Wildman–Crippen LogP) is 1.70. The highest BCUT2D eigenvalue weighted by molar-refractivity contribution is 7.89. The molecular weight excluding hydrogens is 366 g/mol. The summed E-state index contributed by atoms with van der Waals surface area (Å²) in [6.45, 7) is 2.00. The SMILES string of the molecule is CCC(=O)NCc1cc(S(=O)(=O)NCC(N)c2ccccc2)ccc1OC. The fraction of sp³-hybridized carbons (Fsp3) is 0.316. The molecule has 146 valence electrons. The van der Waals surface area contributed by atoms with E-state index in [1.54, 1.807) is 13.0 Å². The Balaban J connectivity index is 2.13. The van der Waals surface area contributed by atoms with E-state index in [4.69, 9.17) is 10.5 Å². The summed E-state index contributed by atoms with van der Waals surface area (Å²) in [5.41, 5.74) is 7.48. The molecule has 1 atom stereocenters. The first kappa shape index (κ1) is 20.9. The highest BCUT2D eigenvalue weighted by Crippen LogP contribution is 2.22. The summed E-state index contributed by atoms with van der Waals surface area (Å²) in [4.78, 5) is 11.6. The Labute approximate surface area is 160 Å². The smallest absolute Gasteiger partial charge is 0.240 e. The quantitative estimate of drug-likeness (QED) is 0.603.